The number of rotatable bonds is 9. The maximum Gasteiger partial charge on any atom is 0.329 e. The van der Waals surface area contributed by atoms with Crippen molar-refractivity contribution in [2.24, 2.45) is 7.05 Å². The highest BCUT2D eigenvalue weighted by Crippen LogP contribution is 2.59. The Morgan fingerprint density at radius 3 is 2.48 bits per heavy atom. The van der Waals surface area contributed by atoms with E-state index >= 15 is 0 Å². The summed E-state index contributed by atoms with van der Waals surface area (Å²) >= 11 is 6.44. The second kappa shape index (κ2) is 15.1. The van der Waals surface area contributed by atoms with Crippen LogP contribution in [0.1, 0.15) is 67.6 Å². The molecule has 1 saturated carbocycles. The summed E-state index contributed by atoms with van der Waals surface area (Å²) in [7, 11) is -1.88. The summed E-state index contributed by atoms with van der Waals surface area (Å²) in [5.41, 5.74) is 3.33. The number of aryl methyl sites for hydroxylation is 1. The van der Waals surface area contributed by atoms with Crippen molar-refractivity contribution in [2.75, 3.05) is 47.8 Å². The molecule has 3 saturated heterocycles. The molecule has 4 amide bonds. The predicted octanol–water partition coefficient (Wildman–Crippen LogP) is 5.96. The fourth-order valence-corrected chi connectivity index (χ4v) is 11.1. The van der Waals surface area contributed by atoms with Gasteiger partial charge in [-0.3, -0.25) is 34.3 Å². The number of anilines is 4. The Labute approximate surface area is 356 Å². The molecule has 2 aromatic heterocycles. The third-order valence-electron chi connectivity index (χ3n) is 13.0. The zero-order valence-electron chi connectivity index (χ0n) is 33.5. The summed E-state index contributed by atoms with van der Waals surface area (Å²) < 4.78 is 45.5. The number of likely N-dealkylation sites (tertiary alicyclic amines) is 1. The number of nitrogens with one attached hydrogen (secondary N) is 2. The molecule has 3 aromatic carbocycles. The van der Waals surface area contributed by atoms with Gasteiger partial charge in [-0.1, -0.05) is 29.8 Å². The zero-order valence-corrected chi connectivity index (χ0v) is 35.1. The number of carbonyl (C=O) groups is 3. The van der Waals surface area contributed by atoms with Crippen molar-refractivity contribution in [3.05, 3.63) is 94.4 Å². The van der Waals surface area contributed by atoms with E-state index in [-0.39, 0.29) is 39.9 Å². The average molecular weight is 867 g/mol. The minimum absolute atomic E-state index is 0.101. The molecular weight excluding hydrogens is 823 g/mol. The molecule has 0 unspecified atom stereocenters. The third-order valence-corrected chi connectivity index (χ3v) is 15.2. The van der Waals surface area contributed by atoms with Gasteiger partial charge in [0.2, 0.25) is 27.8 Å². The molecule has 0 radical (unpaired) electrons. The molecule has 18 heteroatoms. The molecule has 61 heavy (non-hydrogen) atoms. The fourth-order valence-electron chi connectivity index (χ4n) is 9.40. The van der Waals surface area contributed by atoms with Gasteiger partial charge in [-0.05, 0) is 111 Å². The highest BCUT2D eigenvalue weighted by Gasteiger charge is 2.61. The number of nitrogens with zero attached hydrogens (tertiary/aromatic N) is 8. The van der Waals surface area contributed by atoms with Gasteiger partial charge in [0, 0.05) is 62.8 Å². The van der Waals surface area contributed by atoms with E-state index in [9.17, 15) is 27.2 Å². The van der Waals surface area contributed by atoms with Crippen LogP contribution < -0.4 is 20.4 Å². The molecule has 0 bridgehead atoms. The molecule has 10 rings (SSSR count). The first-order chi connectivity index (χ1) is 29.4. The van der Waals surface area contributed by atoms with Crippen LogP contribution in [0.15, 0.2) is 71.8 Å². The van der Waals surface area contributed by atoms with Crippen molar-refractivity contribution in [2.45, 2.75) is 73.8 Å². The van der Waals surface area contributed by atoms with E-state index in [2.05, 4.69) is 37.7 Å². The molecule has 316 valence electrons. The van der Waals surface area contributed by atoms with Crippen LogP contribution >= 0.6 is 11.6 Å². The number of imide groups is 1. The molecule has 15 nitrogen and oxygen atoms in total. The smallest absolute Gasteiger partial charge is 0.329 e. The highest BCUT2D eigenvalue weighted by molar-refractivity contribution is 7.89. The number of benzene rings is 3. The minimum atomic E-state index is -3.74. The summed E-state index contributed by atoms with van der Waals surface area (Å²) in [4.78, 5) is 52.6. The van der Waals surface area contributed by atoms with Gasteiger partial charge in [0.25, 0.3) is 0 Å². The van der Waals surface area contributed by atoms with Crippen LogP contribution in [0.5, 0.6) is 0 Å². The molecule has 2 N–H and O–H groups in total. The molecular formula is C43H44ClFN10O5S. The Morgan fingerprint density at radius 1 is 0.934 bits per heavy atom. The molecule has 1 spiro atoms. The van der Waals surface area contributed by atoms with Crippen LogP contribution in [0.3, 0.4) is 0 Å². The van der Waals surface area contributed by atoms with E-state index in [1.165, 1.54) is 37.9 Å². The number of piperidine rings is 2. The standard InChI is InChI=1S/C43H44ClFN10O5S/c1-51-35-22-28(5-7-32(35)38(50-51)54-20-13-37(56)48-42(54)58)27-9-16-52(17-10-27)25-26-3-2-4-31(21-26)61(59,60)53-18-11-30(12-19-53)47-41-46-24-33-39(49-41)55(40(57)43(33)14-15-43)36-23-29(45)6-8-34(36)44/h2-8,21-24,27,30H,9-20,25H2,1H3,(H,46,47,49)(H,48,56,58). The van der Waals surface area contributed by atoms with Crippen molar-refractivity contribution < 1.29 is 27.2 Å². The van der Waals surface area contributed by atoms with Crippen LogP contribution in [0, 0.1) is 5.82 Å². The van der Waals surface area contributed by atoms with Crippen molar-refractivity contribution >= 4 is 73.6 Å². The minimum Gasteiger partial charge on any atom is -0.351 e. The summed E-state index contributed by atoms with van der Waals surface area (Å²) in [6.07, 6.45) is 6.19. The Hall–Kier alpha value is -5.49. The summed E-state index contributed by atoms with van der Waals surface area (Å²) in [6, 6.07) is 16.9. The van der Waals surface area contributed by atoms with Gasteiger partial charge >= 0.3 is 6.03 Å². The quantitative estimate of drug-likeness (QED) is 0.181. The Balaban J connectivity index is 0.752. The van der Waals surface area contributed by atoms with E-state index in [1.807, 2.05) is 25.2 Å². The normalized spacial score (nSPS) is 20.1. The number of hydrogen-bond acceptors (Lipinski definition) is 10. The topological polar surface area (TPSA) is 166 Å². The lowest BCUT2D eigenvalue weighted by Crippen LogP contribution is -2.49. The zero-order chi connectivity index (χ0) is 42.2. The first-order valence-electron chi connectivity index (χ1n) is 20.7. The SMILES string of the molecule is Cn1nc(N2CCC(=O)NC2=O)c2ccc(C3CCN(Cc4cccc(S(=O)(=O)N5CCC(Nc6ncc7c(n6)N(c6cc(F)ccc6Cl)C(=O)C76CC6)CC5)c4)CC3)cc21. The molecule has 5 aromatic rings. The second-order valence-electron chi connectivity index (χ2n) is 16.7. The predicted molar refractivity (Wildman–Crippen MR) is 227 cm³/mol. The Kier molecular flexibility index (Phi) is 9.84. The lowest BCUT2D eigenvalue weighted by molar-refractivity contribution is -0.120. The summed E-state index contributed by atoms with van der Waals surface area (Å²) in [5.74, 6) is 0.621. The summed E-state index contributed by atoms with van der Waals surface area (Å²) in [5, 5.41) is 11.5. The van der Waals surface area contributed by atoms with Crippen LogP contribution in [0.2, 0.25) is 5.02 Å². The van der Waals surface area contributed by atoms with E-state index in [0.717, 1.165) is 42.4 Å². The highest BCUT2D eigenvalue weighted by atomic mass is 35.5. The number of amides is 4. The number of sulfonamides is 1. The molecule has 5 aliphatic rings. The Bertz CT molecular complexity index is 2730. The van der Waals surface area contributed by atoms with Gasteiger partial charge in [0.1, 0.15) is 11.6 Å². The maximum atomic E-state index is 14.3. The number of aromatic nitrogens is 4. The first kappa shape index (κ1) is 39.6. The second-order valence-corrected chi connectivity index (χ2v) is 19.1. The number of carbonyl (C=O) groups excluding carboxylic acids is 3. The van der Waals surface area contributed by atoms with Crippen molar-refractivity contribution in [3.63, 3.8) is 0 Å². The van der Waals surface area contributed by atoms with Gasteiger partial charge < -0.3 is 5.32 Å². The lowest BCUT2D eigenvalue weighted by atomic mass is 9.89. The van der Waals surface area contributed by atoms with E-state index in [0.29, 0.717) is 80.9 Å². The van der Waals surface area contributed by atoms with Crippen molar-refractivity contribution in [3.8, 4) is 0 Å². The Morgan fingerprint density at radius 2 is 1.72 bits per heavy atom. The number of urea groups is 1. The van der Waals surface area contributed by atoms with Crippen LogP contribution in [-0.4, -0.2) is 94.0 Å². The largest absolute Gasteiger partial charge is 0.351 e. The van der Waals surface area contributed by atoms with Gasteiger partial charge in [0.15, 0.2) is 5.82 Å². The number of fused-ring (bicyclic) bond motifs is 3. The fraction of sp³-hybridized carbons (Fsp3) is 0.395. The monoisotopic (exact) mass is 866 g/mol. The van der Waals surface area contributed by atoms with E-state index in [4.69, 9.17) is 16.6 Å². The number of halogens is 2. The molecule has 0 atom stereocenters. The van der Waals surface area contributed by atoms with E-state index < -0.39 is 27.3 Å². The average Bonchev–Trinajstić information content (AvgIpc) is 3.95. The van der Waals surface area contributed by atoms with E-state index in [1.54, 1.807) is 23.0 Å². The van der Waals surface area contributed by atoms with Crippen molar-refractivity contribution in [1.82, 2.24) is 34.3 Å². The number of hydrogen-bond donors (Lipinski definition) is 2. The van der Waals surface area contributed by atoms with Crippen LogP contribution in [0.4, 0.5) is 32.5 Å². The molecule has 6 heterocycles. The van der Waals surface area contributed by atoms with Crippen molar-refractivity contribution in [1.29, 1.82) is 0 Å². The third kappa shape index (κ3) is 7.10. The summed E-state index contributed by atoms with van der Waals surface area (Å²) in [6.45, 7) is 3.29. The van der Waals surface area contributed by atoms with Gasteiger partial charge in [-0.25, -0.2) is 22.6 Å². The first-order valence-corrected chi connectivity index (χ1v) is 22.5. The van der Waals surface area contributed by atoms with Crippen LogP contribution in [0.25, 0.3) is 10.9 Å². The van der Waals surface area contributed by atoms with Crippen LogP contribution in [-0.2, 0) is 38.6 Å². The maximum absolute atomic E-state index is 14.3. The van der Waals surface area contributed by atoms with Gasteiger partial charge in [-0.15, -0.1) is 0 Å². The molecule has 4 aliphatic heterocycles. The van der Waals surface area contributed by atoms with Gasteiger partial charge in [0.05, 0.1) is 26.5 Å². The lowest BCUT2D eigenvalue weighted by Gasteiger charge is -2.33. The van der Waals surface area contributed by atoms with Gasteiger partial charge in [-0.2, -0.15) is 14.4 Å². The molecule has 4 fully saturated rings. The molecule has 1 aliphatic carbocycles.